The van der Waals surface area contributed by atoms with Crippen molar-refractivity contribution in [3.63, 3.8) is 0 Å². The van der Waals surface area contributed by atoms with E-state index >= 15 is 0 Å². The Bertz CT molecular complexity index is 808. The Morgan fingerprint density at radius 3 is 2.62 bits per heavy atom. The van der Waals surface area contributed by atoms with Crippen molar-refractivity contribution in [2.24, 2.45) is 0 Å². The fraction of sp³-hybridized carbons (Fsp3) is 0.188. The molecule has 1 aromatic carbocycles. The van der Waals surface area contributed by atoms with Crippen LogP contribution in [0, 0.1) is 20.8 Å². The van der Waals surface area contributed by atoms with E-state index < -0.39 is 0 Å². The minimum Gasteiger partial charge on any atom is -0.398 e. The van der Waals surface area contributed by atoms with Crippen molar-refractivity contribution < 1.29 is 4.52 Å². The summed E-state index contributed by atoms with van der Waals surface area (Å²) in [5, 5.41) is 4.00. The van der Waals surface area contributed by atoms with Gasteiger partial charge in [-0.1, -0.05) is 11.2 Å². The van der Waals surface area contributed by atoms with Crippen molar-refractivity contribution in [1.29, 1.82) is 0 Å². The van der Waals surface area contributed by atoms with E-state index in [0.717, 1.165) is 22.3 Å². The number of aryl methyl sites for hydroxylation is 3. The van der Waals surface area contributed by atoms with Gasteiger partial charge in [0, 0.05) is 11.9 Å². The van der Waals surface area contributed by atoms with Gasteiger partial charge >= 0.3 is 0 Å². The van der Waals surface area contributed by atoms with Crippen LogP contribution in [0.15, 0.2) is 35.0 Å². The van der Waals surface area contributed by atoms with Crippen molar-refractivity contribution in [3.8, 4) is 23.0 Å². The van der Waals surface area contributed by atoms with Gasteiger partial charge in [0.15, 0.2) is 0 Å². The lowest BCUT2D eigenvalue weighted by Gasteiger charge is -2.06. The SMILES string of the molecule is Cc1ccnc(-c2noc(-c3cc(C)cc(C)c3N)n2)c1. The molecule has 0 saturated carbocycles. The molecular weight excluding hydrogens is 264 g/mol. The average Bonchev–Trinajstić information content (AvgIpc) is 2.92. The Morgan fingerprint density at radius 1 is 1.05 bits per heavy atom. The quantitative estimate of drug-likeness (QED) is 0.729. The number of nitrogens with zero attached hydrogens (tertiary/aromatic N) is 3. The van der Waals surface area contributed by atoms with Gasteiger partial charge in [0.05, 0.1) is 5.56 Å². The summed E-state index contributed by atoms with van der Waals surface area (Å²) in [5.74, 6) is 0.880. The Labute approximate surface area is 122 Å². The third-order valence-electron chi connectivity index (χ3n) is 3.33. The van der Waals surface area contributed by atoms with E-state index in [1.807, 2.05) is 45.0 Å². The first-order valence-electron chi connectivity index (χ1n) is 6.68. The lowest BCUT2D eigenvalue weighted by molar-refractivity contribution is 0.432. The number of hydrogen-bond donors (Lipinski definition) is 1. The highest BCUT2D eigenvalue weighted by atomic mass is 16.5. The van der Waals surface area contributed by atoms with Gasteiger partial charge in [0.25, 0.3) is 5.89 Å². The molecule has 0 unspecified atom stereocenters. The van der Waals surface area contributed by atoms with E-state index in [1.54, 1.807) is 6.20 Å². The molecule has 21 heavy (non-hydrogen) atoms. The Kier molecular flexibility index (Phi) is 3.17. The number of benzene rings is 1. The maximum Gasteiger partial charge on any atom is 0.260 e. The number of nitrogens with two attached hydrogens (primary N) is 1. The average molecular weight is 280 g/mol. The van der Waals surface area contributed by atoms with Crippen LogP contribution in [-0.2, 0) is 0 Å². The molecule has 0 aliphatic heterocycles. The molecule has 0 bridgehead atoms. The van der Waals surface area contributed by atoms with Crippen LogP contribution in [0.3, 0.4) is 0 Å². The standard InChI is InChI=1S/C16H16N4O/c1-9-4-5-18-13(8-9)15-19-16(21-20-15)12-7-10(2)6-11(3)14(12)17/h4-8H,17H2,1-3H3. The molecule has 0 aliphatic rings. The molecule has 3 aromatic rings. The van der Waals surface area contributed by atoms with Crippen LogP contribution in [0.2, 0.25) is 0 Å². The summed E-state index contributed by atoms with van der Waals surface area (Å²) in [7, 11) is 0. The minimum absolute atomic E-state index is 0.414. The summed E-state index contributed by atoms with van der Waals surface area (Å²) in [6.45, 7) is 5.97. The molecule has 2 N–H and O–H groups in total. The van der Waals surface area contributed by atoms with E-state index in [9.17, 15) is 0 Å². The van der Waals surface area contributed by atoms with E-state index in [-0.39, 0.29) is 0 Å². The van der Waals surface area contributed by atoms with Gasteiger partial charge in [-0.15, -0.1) is 0 Å². The smallest absolute Gasteiger partial charge is 0.260 e. The molecule has 0 spiro atoms. The van der Waals surface area contributed by atoms with Crippen molar-refractivity contribution >= 4 is 5.69 Å². The topological polar surface area (TPSA) is 77.8 Å². The largest absolute Gasteiger partial charge is 0.398 e. The second kappa shape index (κ2) is 5.01. The van der Waals surface area contributed by atoms with Gasteiger partial charge in [0.1, 0.15) is 5.69 Å². The van der Waals surface area contributed by atoms with Gasteiger partial charge in [0.2, 0.25) is 5.82 Å². The third-order valence-corrected chi connectivity index (χ3v) is 3.33. The molecule has 106 valence electrons. The fourth-order valence-corrected chi connectivity index (χ4v) is 2.25. The minimum atomic E-state index is 0.414. The van der Waals surface area contributed by atoms with Crippen LogP contribution in [0.4, 0.5) is 5.69 Å². The van der Waals surface area contributed by atoms with E-state index in [1.165, 1.54) is 0 Å². The summed E-state index contributed by atoms with van der Waals surface area (Å²) < 4.78 is 5.35. The molecule has 0 aliphatic carbocycles. The first-order chi connectivity index (χ1) is 10.0. The Hall–Kier alpha value is -2.69. The molecule has 5 heteroatoms. The highest BCUT2D eigenvalue weighted by Crippen LogP contribution is 2.29. The Balaban J connectivity index is 2.07. The molecule has 0 amide bonds. The maximum absolute atomic E-state index is 6.11. The number of rotatable bonds is 2. The Morgan fingerprint density at radius 2 is 1.86 bits per heavy atom. The summed E-state index contributed by atoms with van der Waals surface area (Å²) in [4.78, 5) is 8.67. The van der Waals surface area contributed by atoms with Crippen LogP contribution in [0.5, 0.6) is 0 Å². The monoisotopic (exact) mass is 280 g/mol. The normalized spacial score (nSPS) is 10.8. The van der Waals surface area contributed by atoms with E-state index in [0.29, 0.717) is 23.1 Å². The van der Waals surface area contributed by atoms with Crippen LogP contribution >= 0.6 is 0 Å². The molecule has 0 radical (unpaired) electrons. The summed E-state index contributed by atoms with van der Waals surface area (Å²) in [6.07, 6.45) is 1.73. The zero-order valence-corrected chi connectivity index (χ0v) is 12.2. The second-order valence-electron chi connectivity index (χ2n) is 5.18. The molecule has 0 saturated heterocycles. The van der Waals surface area contributed by atoms with Gasteiger partial charge in [-0.05, 0) is 55.7 Å². The van der Waals surface area contributed by atoms with Crippen LogP contribution in [0.25, 0.3) is 23.0 Å². The lowest BCUT2D eigenvalue weighted by atomic mass is 10.0. The number of nitrogen functional groups attached to an aromatic ring is 1. The highest BCUT2D eigenvalue weighted by Gasteiger charge is 2.15. The summed E-state index contributed by atoms with van der Waals surface area (Å²) in [5.41, 5.74) is 11.4. The van der Waals surface area contributed by atoms with Gasteiger partial charge in [-0.25, -0.2) is 0 Å². The predicted octanol–water partition coefficient (Wildman–Crippen LogP) is 3.31. The second-order valence-corrected chi connectivity index (χ2v) is 5.18. The van der Waals surface area contributed by atoms with Crippen LogP contribution < -0.4 is 5.73 Å². The molecular formula is C16H16N4O. The molecule has 2 aromatic heterocycles. The maximum atomic E-state index is 6.11. The van der Waals surface area contributed by atoms with Crippen molar-refractivity contribution in [2.75, 3.05) is 5.73 Å². The molecule has 0 fully saturated rings. The molecule has 3 rings (SSSR count). The zero-order chi connectivity index (χ0) is 15.0. The number of pyridine rings is 1. The van der Waals surface area contributed by atoms with Crippen LogP contribution in [0.1, 0.15) is 16.7 Å². The summed E-state index contributed by atoms with van der Waals surface area (Å²) >= 11 is 0. The van der Waals surface area contributed by atoms with Gasteiger partial charge in [-0.2, -0.15) is 4.98 Å². The zero-order valence-electron chi connectivity index (χ0n) is 12.2. The first kappa shape index (κ1) is 13.3. The van der Waals surface area contributed by atoms with Crippen molar-refractivity contribution in [3.05, 3.63) is 47.2 Å². The van der Waals surface area contributed by atoms with Crippen molar-refractivity contribution in [2.45, 2.75) is 20.8 Å². The molecule has 2 heterocycles. The molecule has 5 nitrogen and oxygen atoms in total. The van der Waals surface area contributed by atoms with E-state index in [4.69, 9.17) is 10.3 Å². The predicted molar refractivity (Wildman–Crippen MR) is 81.6 cm³/mol. The van der Waals surface area contributed by atoms with Crippen molar-refractivity contribution in [1.82, 2.24) is 15.1 Å². The van der Waals surface area contributed by atoms with E-state index in [2.05, 4.69) is 15.1 Å². The fourth-order valence-electron chi connectivity index (χ4n) is 2.25. The highest BCUT2D eigenvalue weighted by molar-refractivity contribution is 5.74. The number of anilines is 1. The molecule has 0 atom stereocenters. The summed E-state index contributed by atoms with van der Waals surface area (Å²) in [6, 6.07) is 7.81. The third kappa shape index (κ3) is 2.50. The first-order valence-corrected chi connectivity index (χ1v) is 6.68. The van der Waals surface area contributed by atoms with Crippen LogP contribution in [-0.4, -0.2) is 15.1 Å². The number of aromatic nitrogens is 3. The lowest BCUT2D eigenvalue weighted by Crippen LogP contribution is -1.95. The van der Waals surface area contributed by atoms with Gasteiger partial charge < -0.3 is 10.3 Å². The number of hydrogen-bond acceptors (Lipinski definition) is 5. The van der Waals surface area contributed by atoms with Gasteiger partial charge in [-0.3, -0.25) is 4.98 Å².